The lowest BCUT2D eigenvalue weighted by Gasteiger charge is -2.11. The zero-order chi connectivity index (χ0) is 15.6. The van der Waals surface area contributed by atoms with Crippen molar-refractivity contribution in [2.75, 3.05) is 11.5 Å². The zero-order valence-electron chi connectivity index (χ0n) is 12.0. The monoisotopic (exact) mass is 319 g/mol. The van der Waals surface area contributed by atoms with Crippen LogP contribution in [0.25, 0.3) is 0 Å². The first-order valence-electron chi connectivity index (χ1n) is 6.28. The Balaban J connectivity index is 2.82. The molecule has 0 unspecified atom stereocenters. The molecule has 1 aromatic rings. The van der Waals surface area contributed by atoms with Crippen molar-refractivity contribution in [3.8, 4) is 0 Å². The predicted octanol–water partition coefficient (Wildman–Crippen LogP) is 1.21. The van der Waals surface area contributed by atoms with Gasteiger partial charge in [0.2, 0.25) is 10.0 Å². The first kappa shape index (κ1) is 17.1. The summed E-state index contributed by atoms with van der Waals surface area (Å²) >= 11 is 0. The molecule has 0 fully saturated rings. The van der Waals surface area contributed by atoms with Crippen molar-refractivity contribution in [3.63, 3.8) is 0 Å². The molecule has 0 radical (unpaired) electrons. The largest absolute Gasteiger partial charge is 0.229 e. The van der Waals surface area contributed by atoms with Gasteiger partial charge in [0, 0.05) is 0 Å². The molecule has 0 saturated heterocycles. The van der Waals surface area contributed by atoms with E-state index in [4.69, 9.17) is 5.14 Å². The van der Waals surface area contributed by atoms with Crippen LogP contribution in [0.3, 0.4) is 0 Å². The predicted molar refractivity (Wildman–Crippen MR) is 80.7 cm³/mol. The zero-order valence-corrected chi connectivity index (χ0v) is 13.6. The number of sulfone groups is 1. The molecule has 0 amide bonds. The average molecular weight is 319 g/mol. The molecule has 0 saturated carbocycles. The van der Waals surface area contributed by atoms with Gasteiger partial charge in [0.05, 0.1) is 17.3 Å². The molecule has 2 N–H and O–H groups in total. The van der Waals surface area contributed by atoms with Gasteiger partial charge in [-0.15, -0.1) is 0 Å². The van der Waals surface area contributed by atoms with Gasteiger partial charge in [-0.3, -0.25) is 0 Å². The van der Waals surface area contributed by atoms with Gasteiger partial charge in [-0.1, -0.05) is 17.7 Å². The fourth-order valence-electron chi connectivity index (χ4n) is 2.21. The molecule has 0 atom stereocenters. The van der Waals surface area contributed by atoms with E-state index in [2.05, 4.69) is 0 Å². The van der Waals surface area contributed by atoms with E-state index in [0.29, 0.717) is 0 Å². The Kier molecular flexibility index (Phi) is 5.34. The lowest BCUT2D eigenvalue weighted by Crippen LogP contribution is -2.20. The molecule has 114 valence electrons. The van der Waals surface area contributed by atoms with E-state index < -0.39 is 19.9 Å². The Morgan fingerprint density at radius 1 is 0.950 bits per heavy atom. The van der Waals surface area contributed by atoms with Crippen LogP contribution in [-0.2, 0) is 25.6 Å². The summed E-state index contributed by atoms with van der Waals surface area (Å²) in [7, 11) is -6.94. The summed E-state index contributed by atoms with van der Waals surface area (Å²) in [6.45, 7) is 5.73. The number of hydrogen-bond acceptors (Lipinski definition) is 4. The van der Waals surface area contributed by atoms with E-state index in [1.807, 2.05) is 32.9 Å². The van der Waals surface area contributed by atoms with E-state index >= 15 is 0 Å². The Bertz CT molecular complexity index is 668. The summed E-state index contributed by atoms with van der Waals surface area (Å²) < 4.78 is 45.7. The highest BCUT2D eigenvalue weighted by atomic mass is 32.2. The maximum atomic E-state index is 12.0. The molecule has 0 aromatic heterocycles. The Morgan fingerprint density at radius 2 is 1.45 bits per heavy atom. The SMILES string of the molecule is Cc1cc(C)c(CS(=O)(=O)CCCS(N)(=O)=O)c(C)c1. The quantitative estimate of drug-likeness (QED) is 0.852. The summed E-state index contributed by atoms with van der Waals surface area (Å²) in [5.41, 5.74) is 3.77. The van der Waals surface area contributed by atoms with Gasteiger partial charge >= 0.3 is 0 Å². The number of rotatable bonds is 6. The molecule has 0 aliphatic carbocycles. The third-order valence-corrected chi connectivity index (χ3v) is 5.59. The Morgan fingerprint density at radius 3 is 1.90 bits per heavy atom. The van der Waals surface area contributed by atoms with Gasteiger partial charge in [-0.05, 0) is 43.9 Å². The minimum atomic E-state index is -3.61. The molecule has 0 spiro atoms. The van der Waals surface area contributed by atoms with Gasteiger partial charge < -0.3 is 0 Å². The van der Waals surface area contributed by atoms with Gasteiger partial charge in [0.15, 0.2) is 9.84 Å². The minimum absolute atomic E-state index is 0.0329. The summed E-state index contributed by atoms with van der Waals surface area (Å²) in [6.07, 6.45) is 0.0329. The van der Waals surface area contributed by atoms with Crippen LogP contribution < -0.4 is 5.14 Å². The highest BCUT2D eigenvalue weighted by Gasteiger charge is 2.16. The normalized spacial score (nSPS) is 12.6. The molecule has 1 aromatic carbocycles. The van der Waals surface area contributed by atoms with Crippen molar-refractivity contribution >= 4 is 19.9 Å². The van der Waals surface area contributed by atoms with Gasteiger partial charge in [0.1, 0.15) is 0 Å². The van der Waals surface area contributed by atoms with E-state index in [1.54, 1.807) is 0 Å². The van der Waals surface area contributed by atoms with Crippen molar-refractivity contribution < 1.29 is 16.8 Å². The maximum absolute atomic E-state index is 12.0. The van der Waals surface area contributed by atoms with Crippen molar-refractivity contribution in [1.82, 2.24) is 0 Å². The summed E-state index contributed by atoms with van der Waals surface area (Å²) in [6, 6.07) is 3.89. The van der Waals surface area contributed by atoms with Gasteiger partial charge in [-0.2, -0.15) is 0 Å². The molecule has 0 bridgehead atoms. The van der Waals surface area contributed by atoms with E-state index in [0.717, 1.165) is 22.3 Å². The van der Waals surface area contributed by atoms with Crippen LogP contribution in [-0.4, -0.2) is 28.3 Å². The minimum Gasteiger partial charge on any atom is -0.229 e. The van der Waals surface area contributed by atoms with Crippen LogP contribution >= 0.6 is 0 Å². The molecule has 0 aliphatic heterocycles. The molecule has 0 aliphatic rings. The third-order valence-electron chi connectivity index (χ3n) is 3.09. The number of sulfonamides is 1. The van der Waals surface area contributed by atoms with E-state index in [1.165, 1.54) is 0 Å². The topological polar surface area (TPSA) is 94.3 Å². The number of aryl methyl sites for hydroxylation is 3. The van der Waals surface area contributed by atoms with E-state index in [9.17, 15) is 16.8 Å². The average Bonchev–Trinajstić information content (AvgIpc) is 2.21. The van der Waals surface area contributed by atoms with Gasteiger partial charge in [-0.25, -0.2) is 22.0 Å². The smallest absolute Gasteiger partial charge is 0.209 e. The number of benzene rings is 1. The van der Waals surface area contributed by atoms with E-state index in [-0.39, 0.29) is 23.7 Å². The fraction of sp³-hybridized carbons (Fsp3) is 0.538. The second kappa shape index (κ2) is 6.24. The Hall–Kier alpha value is -0.920. The lowest BCUT2D eigenvalue weighted by atomic mass is 10.0. The molecular weight excluding hydrogens is 298 g/mol. The molecule has 7 heteroatoms. The summed E-state index contributed by atoms with van der Waals surface area (Å²) in [5.74, 6) is -0.538. The van der Waals surface area contributed by atoms with Crippen LogP contribution in [0, 0.1) is 20.8 Å². The van der Waals surface area contributed by atoms with Gasteiger partial charge in [0.25, 0.3) is 0 Å². The molecule has 5 nitrogen and oxygen atoms in total. The van der Waals surface area contributed by atoms with Crippen LogP contribution in [0.15, 0.2) is 12.1 Å². The molecule has 1 rings (SSSR count). The number of nitrogens with two attached hydrogens (primary N) is 1. The fourth-order valence-corrected chi connectivity index (χ4v) is 4.56. The molecule has 20 heavy (non-hydrogen) atoms. The molecular formula is C13H21NO4S2. The van der Waals surface area contributed by atoms with Crippen LogP contribution in [0.5, 0.6) is 0 Å². The lowest BCUT2D eigenvalue weighted by molar-refractivity contribution is 0.590. The maximum Gasteiger partial charge on any atom is 0.209 e. The standard InChI is InChI=1S/C13H21NO4S2/c1-10-7-11(2)13(12(3)8-10)9-19(15,16)5-4-6-20(14,17)18/h7-8H,4-6,9H2,1-3H3,(H2,14,17,18). The highest BCUT2D eigenvalue weighted by Crippen LogP contribution is 2.19. The highest BCUT2D eigenvalue weighted by molar-refractivity contribution is 7.91. The second-order valence-electron chi connectivity index (χ2n) is 5.19. The number of hydrogen-bond donors (Lipinski definition) is 1. The summed E-state index contributed by atoms with van der Waals surface area (Å²) in [5, 5.41) is 4.86. The first-order valence-corrected chi connectivity index (χ1v) is 9.81. The summed E-state index contributed by atoms with van der Waals surface area (Å²) in [4.78, 5) is 0. The van der Waals surface area contributed by atoms with Crippen molar-refractivity contribution in [2.24, 2.45) is 5.14 Å². The third kappa shape index (κ3) is 5.60. The number of primary sulfonamides is 1. The van der Waals surface area contributed by atoms with Crippen LogP contribution in [0.1, 0.15) is 28.7 Å². The van der Waals surface area contributed by atoms with Crippen LogP contribution in [0.2, 0.25) is 0 Å². The van der Waals surface area contributed by atoms with Crippen molar-refractivity contribution in [3.05, 3.63) is 34.4 Å². The van der Waals surface area contributed by atoms with Crippen LogP contribution in [0.4, 0.5) is 0 Å². The molecule has 0 heterocycles. The van der Waals surface area contributed by atoms with Crippen molar-refractivity contribution in [2.45, 2.75) is 32.9 Å². The first-order chi connectivity index (χ1) is 9.00. The van der Waals surface area contributed by atoms with Crippen molar-refractivity contribution in [1.29, 1.82) is 0 Å². The second-order valence-corrected chi connectivity index (χ2v) is 9.11. The Labute approximate surface area is 121 Å².